The number of benzene rings is 3. The quantitative estimate of drug-likeness (QED) is 0.644. The van der Waals surface area contributed by atoms with Crippen LogP contribution in [0.5, 0.6) is 5.75 Å². The molecule has 0 atom stereocenters. The molecule has 4 rings (SSSR count). The van der Waals surface area contributed by atoms with E-state index in [1.807, 2.05) is 55.5 Å². The van der Waals surface area contributed by atoms with Gasteiger partial charge in [0.15, 0.2) is 0 Å². The lowest BCUT2D eigenvalue weighted by atomic mass is 9.99. The second kappa shape index (κ2) is 6.26. The Morgan fingerprint density at radius 2 is 1.88 bits per heavy atom. The van der Waals surface area contributed by atoms with Crippen LogP contribution < -0.4 is 10.1 Å². The Kier molecular flexibility index (Phi) is 3.94. The highest BCUT2D eigenvalue weighted by molar-refractivity contribution is 6.37. The van der Waals surface area contributed by atoms with E-state index in [4.69, 9.17) is 16.3 Å². The third-order valence-corrected chi connectivity index (χ3v) is 4.52. The van der Waals surface area contributed by atoms with Crippen molar-refractivity contribution in [3.8, 4) is 5.75 Å². The van der Waals surface area contributed by atoms with Crippen molar-refractivity contribution in [1.82, 2.24) is 0 Å². The topological polar surface area (TPSA) is 38.3 Å². The molecule has 0 unspecified atom stereocenters. The minimum absolute atomic E-state index is 0.116. The van der Waals surface area contributed by atoms with Gasteiger partial charge in [0.1, 0.15) is 5.75 Å². The first-order valence-electron chi connectivity index (χ1n) is 8.15. The van der Waals surface area contributed by atoms with Gasteiger partial charge in [-0.1, -0.05) is 48.0 Å². The van der Waals surface area contributed by atoms with Crippen molar-refractivity contribution in [2.75, 3.05) is 11.9 Å². The fourth-order valence-corrected chi connectivity index (χ4v) is 3.34. The first kappa shape index (κ1) is 15.7. The third kappa shape index (κ3) is 2.77. The minimum Gasteiger partial charge on any atom is -0.493 e. The fraction of sp³-hybridized carbons (Fsp3) is 0.0952. The number of carbonyl (C=O) groups excluding carboxylic acids is 1. The number of anilines is 1. The van der Waals surface area contributed by atoms with Gasteiger partial charge in [0.05, 0.1) is 12.3 Å². The fourth-order valence-electron chi connectivity index (χ4n) is 3.17. The van der Waals surface area contributed by atoms with Gasteiger partial charge in [-0.2, -0.15) is 0 Å². The maximum Gasteiger partial charge on any atom is 0.256 e. The molecule has 1 heterocycles. The van der Waals surface area contributed by atoms with E-state index < -0.39 is 0 Å². The zero-order valence-electron chi connectivity index (χ0n) is 13.7. The Bertz CT molecular complexity index is 1020. The number of rotatable bonds is 3. The molecule has 3 aromatic carbocycles. The molecule has 0 aliphatic carbocycles. The molecule has 1 aliphatic heterocycles. The number of hydrogen-bond donors (Lipinski definition) is 1. The molecule has 0 spiro atoms. The SMILES string of the molecule is CCOc1ccc(/C=C2/C(=O)Nc3cc(Cl)ccc32)c2ccccc12. The molecular formula is C21H16ClNO2. The highest BCUT2D eigenvalue weighted by Crippen LogP contribution is 2.37. The summed E-state index contributed by atoms with van der Waals surface area (Å²) >= 11 is 6.02. The lowest BCUT2D eigenvalue weighted by molar-refractivity contribution is -0.110. The van der Waals surface area contributed by atoms with Crippen LogP contribution in [-0.2, 0) is 4.79 Å². The van der Waals surface area contributed by atoms with E-state index in [1.54, 1.807) is 12.1 Å². The van der Waals surface area contributed by atoms with Crippen LogP contribution in [0.15, 0.2) is 54.6 Å². The van der Waals surface area contributed by atoms with E-state index in [-0.39, 0.29) is 5.91 Å². The van der Waals surface area contributed by atoms with Crippen LogP contribution in [0, 0.1) is 0 Å². The molecule has 1 aliphatic rings. The first-order chi connectivity index (χ1) is 12.2. The van der Waals surface area contributed by atoms with Gasteiger partial charge in [-0.25, -0.2) is 0 Å². The number of ether oxygens (including phenoxy) is 1. The number of carbonyl (C=O) groups is 1. The standard InChI is InChI=1S/C21H16ClNO2/c1-2-25-20-10-7-13(15-5-3-4-6-17(15)20)11-18-16-9-8-14(22)12-19(16)23-21(18)24/h3-12H,2H2,1H3,(H,23,24)/b18-11+. The molecule has 3 nitrogen and oxygen atoms in total. The predicted octanol–water partition coefficient (Wildman–Crippen LogP) is 5.38. The van der Waals surface area contributed by atoms with E-state index in [0.29, 0.717) is 17.2 Å². The Morgan fingerprint density at radius 1 is 1.08 bits per heavy atom. The van der Waals surface area contributed by atoms with Gasteiger partial charge in [0.25, 0.3) is 5.91 Å². The molecule has 3 aromatic rings. The summed E-state index contributed by atoms with van der Waals surface area (Å²) in [6, 6.07) is 17.4. The van der Waals surface area contributed by atoms with Crippen molar-refractivity contribution in [2.24, 2.45) is 0 Å². The molecular weight excluding hydrogens is 334 g/mol. The summed E-state index contributed by atoms with van der Waals surface area (Å²) in [6.45, 7) is 2.58. The zero-order valence-corrected chi connectivity index (χ0v) is 14.4. The molecule has 124 valence electrons. The molecule has 1 amide bonds. The first-order valence-corrected chi connectivity index (χ1v) is 8.52. The van der Waals surface area contributed by atoms with E-state index >= 15 is 0 Å². The van der Waals surface area contributed by atoms with Crippen molar-refractivity contribution in [3.05, 3.63) is 70.7 Å². The monoisotopic (exact) mass is 349 g/mol. The molecule has 0 saturated heterocycles. The zero-order chi connectivity index (χ0) is 17.4. The summed E-state index contributed by atoms with van der Waals surface area (Å²) in [7, 11) is 0. The van der Waals surface area contributed by atoms with Crippen molar-refractivity contribution in [1.29, 1.82) is 0 Å². The minimum atomic E-state index is -0.116. The van der Waals surface area contributed by atoms with Crippen LogP contribution in [0.4, 0.5) is 5.69 Å². The summed E-state index contributed by atoms with van der Waals surface area (Å²) in [5.74, 6) is 0.735. The van der Waals surface area contributed by atoms with Crippen LogP contribution >= 0.6 is 11.6 Å². The van der Waals surface area contributed by atoms with Gasteiger partial charge in [-0.3, -0.25) is 4.79 Å². The van der Waals surface area contributed by atoms with Crippen LogP contribution in [0.25, 0.3) is 22.4 Å². The molecule has 0 saturated carbocycles. The lowest BCUT2D eigenvalue weighted by Crippen LogP contribution is -2.03. The molecule has 0 aromatic heterocycles. The number of halogens is 1. The Hall–Kier alpha value is -2.78. The average Bonchev–Trinajstić information content (AvgIpc) is 2.91. The summed E-state index contributed by atoms with van der Waals surface area (Å²) in [6.07, 6.45) is 1.92. The number of amides is 1. The van der Waals surface area contributed by atoms with Gasteiger partial charge in [0, 0.05) is 21.5 Å². The van der Waals surface area contributed by atoms with Crippen LogP contribution in [0.3, 0.4) is 0 Å². The van der Waals surface area contributed by atoms with E-state index in [9.17, 15) is 4.79 Å². The van der Waals surface area contributed by atoms with Gasteiger partial charge in [-0.15, -0.1) is 0 Å². The lowest BCUT2D eigenvalue weighted by Gasteiger charge is -2.10. The van der Waals surface area contributed by atoms with Crippen LogP contribution in [0.1, 0.15) is 18.1 Å². The van der Waals surface area contributed by atoms with Crippen molar-refractivity contribution < 1.29 is 9.53 Å². The molecule has 1 N–H and O–H groups in total. The molecule has 25 heavy (non-hydrogen) atoms. The van der Waals surface area contributed by atoms with Gasteiger partial charge in [0.2, 0.25) is 0 Å². The van der Waals surface area contributed by atoms with Crippen LogP contribution in [-0.4, -0.2) is 12.5 Å². The smallest absolute Gasteiger partial charge is 0.256 e. The third-order valence-electron chi connectivity index (χ3n) is 4.28. The number of hydrogen-bond acceptors (Lipinski definition) is 2. The van der Waals surface area contributed by atoms with E-state index in [2.05, 4.69) is 5.32 Å². The molecule has 0 radical (unpaired) electrons. The second-order valence-corrected chi connectivity index (χ2v) is 6.27. The van der Waals surface area contributed by atoms with Gasteiger partial charge >= 0.3 is 0 Å². The average molecular weight is 350 g/mol. The molecule has 0 fully saturated rings. The van der Waals surface area contributed by atoms with Gasteiger partial charge in [-0.05, 0) is 42.1 Å². The molecule has 4 heteroatoms. The second-order valence-electron chi connectivity index (χ2n) is 5.83. The number of fused-ring (bicyclic) bond motifs is 2. The normalized spacial score (nSPS) is 14.6. The van der Waals surface area contributed by atoms with E-state index in [1.165, 1.54) is 0 Å². The summed E-state index contributed by atoms with van der Waals surface area (Å²) in [5.41, 5.74) is 3.24. The number of nitrogens with one attached hydrogen (secondary N) is 1. The Morgan fingerprint density at radius 3 is 2.68 bits per heavy atom. The maximum absolute atomic E-state index is 12.4. The van der Waals surface area contributed by atoms with Crippen molar-refractivity contribution >= 4 is 45.6 Å². The van der Waals surface area contributed by atoms with Gasteiger partial charge < -0.3 is 10.1 Å². The highest BCUT2D eigenvalue weighted by Gasteiger charge is 2.24. The summed E-state index contributed by atoms with van der Waals surface area (Å²) in [4.78, 5) is 12.4. The highest BCUT2D eigenvalue weighted by atomic mass is 35.5. The van der Waals surface area contributed by atoms with E-state index in [0.717, 1.165) is 33.3 Å². The van der Waals surface area contributed by atoms with Crippen molar-refractivity contribution in [3.63, 3.8) is 0 Å². The summed E-state index contributed by atoms with van der Waals surface area (Å²) < 4.78 is 5.72. The molecule has 0 bridgehead atoms. The Balaban J connectivity index is 1.88. The maximum atomic E-state index is 12.4. The van der Waals surface area contributed by atoms with Crippen LogP contribution in [0.2, 0.25) is 5.02 Å². The van der Waals surface area contributed by atoms with Crippen molar-refractivity contribution in [2.45, 2.75) is 6.92 Å². The summed E-state index contributed by atoms with van der Waals surface area (Å²) in [5, 5.41) is 5.56. The largest absolute Gasteiger partial charge is 0.493 e. The Labute approximate surface area is 150 Å². The predicted molar refractivity (Wildman–Crippen MR) is 103 cm³/mol.